The molecule has 6 rings (SSSR count). The van der Waals surface area contributed by atoms with E-state index in [1.165, 1.54) is 0 Å². The van der Waals surface area contributed by atoms with Crippen LogP contribution in [0.3, 0.4) is 0 Å². The molecule has 5 aromatic rings. The summed E-state index contributed by atoms with van der Waals surface area (Å²) in [6.45, 7) is 16.0. The second-order valence-corrected chi connectivity index (χ2v) is 12.1. The lowest BCUT2D eigenvalue weighted by atomic mass is 9.86. The van der Waals surface area contributed by atoms with E-state index < -0.39 is 28.4 Å². The Balaban J connectivity index is 1.64. The fourth-order valence-electron chi connectivity index (χ4n) is 5.78. The summed E-state index contributed by atoms with van der Waals surface area (Å²) >= 11 is 0. The summed E-state index contributed by atoms with van der Waals surface area (Å²) in [4.78, 5) is 29.0. The van der Waals surface area contributed by atoms with Crippen molar-refractivity contribution >= 4 is 44.5 Å². The van der Waals surface area contributed by atoms with E-state index >= 15 is 0 Å². The topological polar surface area (TPSA) is 73.5 Å². The van der Waals surface area contributed by atoms with Gasteiger partial charge in [0, 0.05) is 45.3 Å². The zero-order valence-electron chi connectivity index (χ0n) is 25.3. The molecule has 0 radical (unpaired) electrons. The van der Waals surface area contributed by atoms with Gasteiger partial charge in [-0.1, -0.05) is 66.7 Å². The Morgan fingerprint density at radius 1 is 0.659 bits per heavy atom. The first kappa shape index (κ1) is 28.7. The van der Waals surface area contributed by atoms with Crippen molar-refractivity contribution in [3.63, 3.8) is 0 Å². The third-order valence-electron chi connectivity index (χ3n) is 8.51. The zero-order chi connectivity index (χ0) is 31.4. The molecule has 0 bridgehead atoms. The SMILES string of the molecule is C=CC(C)(C)n1cc(C2=C(O)C(=O)C(c3cn(C(C)(C)C=C)c4ccccc34)=C(Oc3ccccc3)C2=O)c2ccccc21. The Labute approximate surface area is 256 Å². The van der Waals surface area contributed by atoms with Gasteiger partial charge in [0.25, 0.3) is 0 Å². The molecular formula is C38H34N2O4. The number of carbonyl (C=O) groups is 2. The van der Waals surface area contributed by atoms with Gasteiger partial charge in [0.2, 0.25) is 11.6 Å². The lowest BCUT2D eigenvalue weighted by Crippen LogP contribution is -2.26. The molecule has 220 valence electrons. The van der Waals surface area contributed by atoms with E-state index in [1.807, 2.05) is 110 Å². The van der Waals surface area contributed by atoms with E-state index in [4.69, 9.17) is 4.74 Å². The lowest BCUT2D eigenvalue weighted by molar-refractivity contribution is -0.116. The normalized spacial score (nSPS) is 14.5. The number of aliphatic hydroxyl groups is 1. The smallest absolute Gasteiger partial charge is 0.233 e. The monoisotopic (exact) mass is 582 g/mol. The van der Waals surface area contributed by atoms with Gasteiger partial charge in [-0.05, 0) is 52.0 Å². The predicted molar refractivity (Wildman–Crippen MR) is 176 cm³/mol. The quantitative estimate of drug-likeness (QED) is 0.147. The number of ketones is 2. The minimum Gasteiger partial charge on any atom is -0.504 e. The Morgan fingerprint density at radius 2 is 1.11 bits per heavy atom. The highest BCUT2D eigenvalue weighted by molar-refractivity contribution is 6.48. The van der Waals surface area contributed by atoms with Crippen LogP contribution in [0.25, 0.3) is 33.0 Å². The van der Waals surface area contributed by atoms with E-state index in [2.05, 4.69) is 13.2 Å². The van der Waals surface area contributed by atoms with Crippen molar-refractivity contribution in [2.24, 2.45) is 0 Å². The average molecular weight is 583 g/mol. The van der Waals surface area contributed by atoms with Gasteiger partial charge in [0.05, 0.1) is 22.2 Å². The van der Waals surface area contributed by atoms with Crippen LogP contribution in [0, 0.1) is 0 Å². The van der Waals surface area contributed by atoms with Crippen LogP contribution in [0.5, 0.6) is 5.75 Å². The Hall–Kier alpha value is -5.36. The third kappa shape index (κ3) is 4.42. The first-order chi connectivity index (χ1) is 21.0. The molecular weight excluding hydrogens is 548 g/mol. The van der Waals surface area contributed by atoms with Crippen LogP contribution in [0.2, 0.25) is 0 Å². The largest absolute Gasteiger partial charge is 0.504 e. The molecule has 1 N–H and O–H groups in total. The molecule has 0 aliphatic heterocycles. The van der Waals surface area contributed by atoms with Gasteiger partial charge in [-0.3, -0.25) is 9.59 Å². The molecule has 6 nitrogen and oxygen atoms in total. The molecule has 0 atom stereocenters. The van der Waals surface area contributed by atoms with E-state index in [9.17, 15) is 14.7 Å². The molecule has 2 heterocycles. The third-order valence-corrected chi connectivity index (χ3v) is 8.51. The highest BCUT2D eigenvalue weighted by Gasteiger charge is 2.41. The Morgan fingerprint density at radius 3 is 1.61 bits per heavy atom. The van der Waals surface area contributed by atoms with Crippen molar-refractivity contribution in [2.45, 2.75) is 38.8 Å². The molecule has 6 heteroatoms. The van der Waals surface area contributed by atoms with Crippen LogP contribution in [-0.2, 0) is 20.7 Å². The number of aliphatic hydroxyl groups excluding tert-OH is 1. The van der Waals surface area contributed by atoms with Gasteiger partial charge < -0.3 is 19.0 Å². The second-order valence-electron chi connectivity index (χ2n) is 12.1. The van der Waals surface area contributed by atoms with Gasteiger partial charge >= 0.3 is 0 Å². The maximum absolute atomic E-state index is 14.6. The van der Waals surface area contributed by atoms with Gasteiger partial charge in [-0.15, -0.1) is 13.2 Å². The van der Waals surface area contributed by atoms with E-state index in [1.54, 1.807) is 30.5 Å². The van der Waals surface area contributed by atoms with Gasteiger partial charge in [-0.2, -0.15) is 0 Å². The highest BCUT2D eigenvalue weighted by Crippen LogP contribution is 2.42. The number of aromatic nitrogens is 2. The van der Waals surface area contributed by atoms with Crippen molar-refractivity contribution in [1.29, 1.82) is 0 Å². The van der Waals surface area contributed by atoms with Gasteiger partial charge in [0.15, 0.2) is 11.5 Å². The molecule has 3 aromatic carbocycles. The number of hydrogen-bond acceptors (Lipinski definition) is 4. The Kier molecular flexibility index (Phi) is 6.81. The molecule has 0 saturated heterocycles. The van der Waals surface area contributed by atoms with E-state index in [0.29, 0.717) is 16.9 Å². The van der Waals surface area contributed by atoms with Gasteiger partial charge in [0.1, 0.15) is 5.75 Å². The molecule has 0 saturated carbocycles. The minimum absolute atomic E-state index is 0.00470. The van der Waals surface area contributed by atoms with Crippen LogP contribution in [-0.4, -0.2) is 25.8 Å². The van der Waals surface area contributed by atoms with Crippen molar-refractivity contribution < 1.29 is 19.4 Å². The summed E-state index contributed by atoms with van der Waals surface area (Å²) in [5, 5.41) is 13.1. The fourth-order valence-corrected chi connectivity index (χ4v) is 5.78. The maximum atomic E-state index is 14.6. The number of ether oxygens (including phenoxy) is 1. The highest BCUT2D eigenvalue weighted by atomic mass is 16.5. The molecule has 0 spiro atoms. The van der Waals surface area contributed by atoms with Crippen LogP contribution in [0.15, 0.2) is 128 Å². The van der Waals surface area contributed by atoms with E-state index in [0.717, 1.165) is 21.8 Å². The van der Waals surface area contributed by atoms with Gasteiger partial charge in [-0.25, -0.2) is 0 Å². The number of rotatable bonds is 8. The molecule has 0 fully saturated rings. The molecule has 1 aliphatic rings. The molecule has 0 unspecified atom stereocenters. The first-order valence-corrected chi connectivity index (χ1v) is 14.5. The van der Waals surface area contributed by atoms with Crippen molar-refractivity contribution in [3.05, 3.63) is 139 Å². The molecule has 1 aliphatic carbocycles. The Bertz CT molecular complexity index is 2070. The summed E-state index contributed by atoms with van der Waals surface area (Å²) in [6, 6.07) is 24.1. The number of carbonyl (C=O) groups excluding carboxylic acids is 2. The number of nitrogens with zero attached hydrogens (tertiary/aromatic N) is 2. The standard InChI is InChI=1S/C38H34N2O4/c1-7-37(3,4)39-22-27(25-18-12-14-20-29(25)39)31-33(41)34(42)32(36(35(31)43)44-24-16-10-9-11-17-24)28-23-40(38(5,6)8-2)30-21-15-13-19-26(28)30/h7-23,41H,1-2H2,3-6H3. The average Bonchev–Trinajstić information content (AvgIpc) is 3.61. The number of benzene rings is 3. The van der Waals surface area contributed by atoms with E-state index in [-0.39, 0.29) is 16.9 Å². The molecule has 2 aromatic heterocycles. The summed E-state index contributed by atoms with van der Waals surface area (Å²) in [6.07, 6.45) is 7.27. The first-order valence-electron chi connectivity index (χ1n) is 14.5. The molecule has 44 heavy (non-hydrogen) atoms. The second kappa shape index (κ2) is 10.4. The zero-order valence-corrected chi connectivity index (χ0v) is 25.3. The van der Waals surface area contributed by atoms with Crippen molar-refractivity contribution in [1.82, 2.24) is 9.13 Å². The number of allylic oxidation sites excluding steroid dienone is 4. The fraction of sp³-hybridized carbons (Fsp3) is 0.158. The molecule has 0 amide bonds. The summed E-state index contributed by atoms with van der Waals surface area (Å²) in [5.41, 5.74) is 1.49. The van der Waals surface area contributed by atoms with Crippen LogP contribution in [0.1, 0.15) is 38.8 Å². The maximum Gasteiger partial charge on any atom is 0.233 e. The van der Waals surface area contributed by atoms with Crippen LogP contribution >= 0.6 is 0 Å². The summed E-state index contributed by atoms with van der Waals surface area (Å²) in [7, 11) is 0. The number of Topliss-reactive ketones (excluding diaryl/α,β-unsaturated/α-hetero) is 2. The van der Waals surface area contributed by atoms with Crippen LogP contribution in [0.4, 0.5) is 0 Å². The lowest BCUT2D eigenvalue weighted by Gasteiger charge is -2.24. The number of fused-ring (bicyclic) bond motifs is 2. The van der Waals surface area contributed by atoms with Crippen molar-refractivity contribution in [2.75, 3.05) is 0 Å². The predicted octanol–water partition coefficient (Wildman–Crippen LogP) is 8.35. The van der Waals surface area contributed by atoms with Crippen LogP contribution < -0.4 is 4.74 Å². The van der Waals surface area contributed by atoms with Crippen molar-refractivity contribution in [3.8, 4) is 5.75 Å². The summed E-state index contributed by atoms with van der Waals surface area (Å²) in [5.74, 6) is -1.64. The minimum atomic E-state index is -0.690. The summed E-state index contributed by atoms with van der Waals surface area (Å²) < 4.78 is 10.3. The number of para-hydroxylation sites is 3. The number of hydrogen-bond donors (Lipinski definition) is 1.